The maximum atomic E-state index is 11.9. The van der Waals surface area contributed by atoms with E-state index >= 15 is 0 Å². The smallest absolute Gasteiger partial charge is 0.263 e. The molecular weight excluding hydrogens is 244 g/mol. The molecule has 4 heteroatoms. The summed E-state index contributed by atoms with van der Waals surface area (Å²) in [4.78, 5) is 16.8. The van der Waals surface area contributed by atoms with Gasteiger partial charge in [-0.25, -0.2) is 4.98 Å². The van der Waals surface area contributed by atoms with E-state index < -0.39 is 0 Å². The molecule has 0 atom stereocenters. The summed E-state index contributed by atoms with van der Waals surface area (Å²) in [5, 5.41) is 3.91. The van der Waals surface area contributed by atoms with Crippen molar-refractivity contribution in [2.75, 3.05) is 0 Å². The van der Waals surface area contributed by atoms with E-state index in [0.717, 1.165) is 17.0 Å². The van der Waals surface area contributed by atoms with Gasteiger partial charge >= 0.3 is 0 Å². The molecule has 1 heterocycles. The molecule has 0 fully saturated rings. The molecule has 0 radical (unpaired) electrons. The number of aryl methyl sites for hydroxylation is 2. The molecule has 94 valence electrons. The number of hydrogen-bond acceptors (Lipinski definition) is 3. The number of nitrogens with zero attached hydrogens (tertiary/aromatic N) is 1. The van der Waals surface area contributed by atoms with Crippen LogP contribution < -0.4 is 5.32 Å². The fraction of sp³-hybridized carbons (Fsp3) is 0.286. The number of hydrogen-bond donors (Lipinski definition) is 1. The second-order valence-corrected chi connectivity index (χ2v) is 5.26. The van der Waals surface area contributed by atoms with Crippen LogP contribution in [0.1, 0.15) is 32.7 Å². The monoisotopic (exact) mass is 260 g/mol. The van der Waals surface area contributed by atoms with Crippen LogP contribution in [-0.4, -0.2) is 10.9 Å². The number of benzene rings is 1. The standard InChI is InChI=1S/C14H16N2OS/c1-3-13-15-9-12(18-13)14(17)16-8-11-6-4-5-10(2)7-11/h4-7,9H,3,8H2,1-2H3,(H,16,17). The summed E-state index contributed by atoms with van der Waals surface area (Å²) in [6.07, 6.45) is 2.52. The first-order chi connectivity index (χ1) is 8.69. The Bertz CT molecular complexity index is 548. The average Bonchev–Trinajstić information content (AvgIpc) is 2.85. The van der Waals surface area contributed by atoms with Crippen LogP contribution in [0.5, 0.6) is 0 Å². The van der Waals surface area contributed by atoms with Crippen LogP contribution in [0.15, 0.2) is 30.5 Å². The van der Waals surface area contributed by atoms with Gasteiger partial charge in [-0.15, -0.1) is 11.3 Å². The number of carbonyl (C=O) groups is 1. The highest BCUT2D eigenvalue weighted by atomic mass is 32.1. The number of carbonyl (C=O) groups excluding carboxylic acids is 1. The van der Waals surface area contributed by atoms with Crippen molar-refractivity contribution in [3.05, 3.63) is 51.5 Å². The largest absolute Gasteiger partial charge is 0.347 e. The van der Waals surface area contributed by atoms with Crippen molar-refractivity contribution >= 4 is 17.2 Å². The zero-order chi connectivity index (χ0) is 13.0. The molecule has 0 aliphatic carbocycles. The first kappa shape index (κ1) is 12.8. The minimum Gasteiger partial charge on any atom is -0.347 e. The Hall–Kier alpha value is -1.68. The molecule has 0 saturated heterocycles. The van der Waals surface area contributed by atoms with Crippen LogP contribution >= 0.6 is 11.3 Å². The average molecular weight is 260 g/mol. The zero-order valence-corrected chi connectivity index (χ0v) is 11.4. The third-order valence-corrected chi connectivity index (χ3v) is 3.76. The van der Waals surface area contributed by atoms with Crippen molar-refractivity contribution in [2.45, 2.75) is 26.8 Å². The molecule has 2 aromatic rings. The number of nitrogens with one attached hydrogen (secondary N) is 1. The van der Waals surface area contributed by atoms with Crippen molar-refractivity contribution < 1.29 is 4.79 Å². The molecule has 0 aliphatic rings. The summed E-state index contributed by atoms with van der Waals surface area (Å²) in [6, 6.07) is 8.13. The molecule has 0 unspecified atom stereocenters. The topological polar surface area (TPSA) is 42.0 Å². The Labute approximate surface area is 111 Å². The Kier molecular flexibility index (Phi) is 4.10. The maximum Gasteiger partial charge on any atom is 0.263 e. The number of amides is 1. The number of thiazole rings is 1. The molecular formula is C14H16N2OS. The van der Waals surface area contributed by atoms with Gasteiger partial charge in [0.1, 0.15) is 4.88 Å². The predicted molar refractivity (Wildman–Crippen MR) is 73.8 cm³/mol. The molecule has 3 nitrogen and oxygen atoms in total. The van der Waals surface area contributed by atoms with E-state index in [0.29, 0.717) is 11.4 Å². The summed E-state index contributed by atoms with van der Waals surface area (Å²) in [6.45, 7) is 4.63. The van der Waals surface area contributed by atoms with Gasteiger partial charge in [-0.1, -0.05) is 36.8 Å². The molecule has 0 saturated carbocycles. The highest BCUT2D eigenvalue weighted by molar-refractivity contribution is 7.13. The van der Waals surface area contributed by atoms with E-state index in [1.807, 2.05) is 32.0 Å². The van der Waals surface area contributed by atoms with Gasteiger partial charge < -0.3 is 5.32 Å². The van der Waals surface area contributed by atoms with Gasteiger partial charge in [0, 0.05) is 6.54 Å². The Morgan fingerprint density at radius 2 is 2.28 bits per heavy atom. The lowest BCUT2D eigenvalue weighted by Gasteiger charge is -2.04. The minimum atomic E-state index is -0.0475. The Morgan fingerprint density at radius 3 is 2.94 bits per heavy atom. The van der Waals surface area contributed by atoms with Crippen LogP contribution in [0.25, 0.3) is 0 Å². The third kappa shape index (κ3) is 3.17. The van der Waals surface area contributed by atoms with Crippen LogP contribution in [0, 0.1) is 6.92 Å². The van der Waals surface area contributed by atoms with Gasteiger partial charge in [-0.3, -0.25) is 4.79 Å². The molecule has 1 amide bonds. The fourth-order valence-corrected chi connectivity index (χ4v) is 2.44. The van der Waals surface area contributed by atoms with E-state index in [4.69, 9.17) is 0 Å². The van der Waals surface area contributed by atoms with Crippen molar-refractivity contribution in [1.82, 2.24) is 10.3 Å². The molecule has 1 aromatic heterocycles. The van der Waals surface area contributed by atoms with E-state index in [1.165, 1.54) is 16.9 Å². The summed E-state index contributed by atoms with van der Waals surface area (Å²) >= 11 is 1.46. The molecule has 0 aliphatic heterocycles. The summed E-state index contributed by atoms with van der Waals surface area (Å²) < 4.78 is 0. The van der Waals surface area contributed by atoms with E-state index in [2.05, 4.69) is 16.4 Å². The highest BCUT2D eigenvalue weighted by Crippen LogP contribution is 2.13. The van der Waals surface area contributed by atoms with Gasteiger partial charge in [-0.2, -0.15) is 0 Å². The quantitative estimate of drug-likeness (QED) is 0.918. The number of aromatic nitrogens is 1. The van der Waals surface area contributed by atoms with E-state index in [9.17, 15) is 4.79 Å². The van der Waals surface area contributed by atoms with Gasteiger partial charge in [0.25, 0.3) is 5.91 Å². The first-order valence-electron chi connectivity index (χ1n) is 5.97. The van der Waals surface area contributed by atoms with Crippen molar-refractivity contribution in [3.63, 3.8) is 0 Å². The molecule has 2 rings (SSSR count). The first-order valence-corrected chi connectivity index (χ1v) is 6.79. The van der Waals surface area contributed by atoms with Crippen molar-refractivity contribution in [2.24, 2.45) is 0 Å². The lowest BCUT2D eigenvalue weighted by Crippen LogP contribution is -2.21. The zero-order valence-electron chi connectivity index (χ0n) is 10.6. The number of rotatable bonds is 4. The Balaban J connectivity index is 1.96. The van der Waals surface area contributed by atoms with Crippen molar-refractivity contribution in [3.8, 4) is 0 Å². The summed E-state index contributed by atoms with van der Waals surface area (Å²) in [5.41, 5.74) is 2.32. The molecule has 1 N–H and O–H groups in total. The minimum absolute atomic E-state index is 0.0475. The van der Waals surface area contributed by atoms with E-state index in [1.54, 1.807) is 6.20 Å². The summed E-state index contributed by atoms with van der Waals surface area (Å²) in [5.74, 6) is -0.0475. The Morgan fingerprint density at radius 1 is 1.44 bits per heavy atom. The van der Waals surface area contributed by atoms with Crippen molar-refractivity contribution in [1.29, 1.82) is 0 Å². The van der Waals surface area contributed by atoms with Crippen LogP contribution in [0.3, 0.4) is 0 Å². The molecule has 0 spiro atoms. The van der Waals surface area contributed by atoms with Crippen LogP contribution in [-0.2, 0) is 13.0 Å². The van der Waals surface area contributed by atoms with Crippen LogP contribution in [0.2, 0.25) is 0 Å². The van der Waals surface area contributed by atoms with Gasteiger partial charge in [0.15, 0.2) is 0 Å². The van der Waals surface area contributed by atoms with Gasteiger partial charge in [0.2, 0.25) is 0 Å². The second kappa shape index (κ2) is 5.78. The SMILES string of the molecule is CCc1ncc(C(=O)NCc2cccc(C)c2)s1. The third-order valence-electron chi connectivity index (χ3n) is 2.62. The fourth-order valence-electron chi connectivity index (χ4n) is 1.67. The second-order valence-electron chi connectivity index (χ2n) is 4.14. The van der Waals surface area contributed by atoms with E-state index in [-0.39, 0.29) is 5.91 Å². The molecule has 0 bridgehead atoms. The lowest BCUT2D eigenvalue weighted by atomic mass is 10.1. The predicted octanol–water partition coefficient (Wildman–Crippen LogP) is 2.94. The lowest BCUT2D eigenvalue weighted by molar-refractivity contribution is 0.0955. The molecule has 1 aromatic carbocycles. The van der Waals surface area contributed by atoms with Gasteiger partial charge in [0.05, 0.1) is 11.2 Å². The maximum absolute atomic E-state index is 11.9. The van der Waals surface area contributed by atoms with Gasteiger partial charge in [-0.05, 0) is 18.9 Å². The van der Waals surface area contributed by atoms with Crippen LogP contribution in [0.4, 0.5) is 0 Å². The highest BCUT2D eigenvalue weighted by Gasteiger charge is 2.09. The summed E-state index contributed by atoms with van der Waals surface area (Å²) in [7, 11) is 0. The normalized spacial score (nSPS) is 10.3. The molecule has 18 heavy (non-hydrogen) atoms.